The van der Waals surface area contributed by atoms with Crippen molar-refractivity contribution in [3.8, 4) is 5.75 Å². The Balaban J connectivity index is 2.04. The van der Waals surface area contributed by atoms with Crippen LogP contribution < -0.4 is 4.74 Å². The van der Waals surface area contributed by atoms with Crippen molar-refractivity contribution < 1.29 is 14.9 Å². The third-order valence-corrected chi connectivity index (χ3v) is 3.36. The van der Waals surface area contributed by atoms with Crippen molar-refractivity contribution in [3.63, 3.8) is 0 Å². The average molecular weight is 236 g/mol. The molecule has 0 amide bonds. The summed E-state index contributed by atoms with van der Waals surface area (Å²) in [5.41, 5.74) is 1.25. The average Bonchev–Trinajstić information content (AvgIpc) is 2.90. The number of aliphatic hydroxyl groups is 2. The standard InChI is InChI=1S/C14H20O3/c15-9-12(16)10-17-14-8-4-3-7-13(14)11-5-1-2-6-11/h3-4,7-8,11-12,15-16H,1-2,5-6,9-10H2. The van der Waals surface area contributed by atoms with Gasteiger partial charge in [-0.3, -0.25) is 0 Å². The Morgan fingerprint density at radius 3 is 2.65 bits per heavy atom. The summed E-state index contributed by atoms with van der Waals surface area (Å²) in [6.45, 7) is -0.105. The maximum Gasteiger partial charge on any atom is 0.122 e. The van der Waals surface area contributed by atoms with Gasteiger partial charge >= 0.3 is 0 Å². The van der Waals surface area contributed by atoms with Crippen molar-refractivity contribution in [2.45, 2.75) is 37.7 Å². The van der Waals surface area contributed by atoms with Gasteiger partial charge in [-0.1, -0.05) is 31.0 Å². The second-order valence-corrected chi connectivity index (χ2v) is 4.67. The highest BCUT2D eigenvalue weighted by atomic mass is 16.5. The molecule has 1 fully saturated rings. The quantitative estimate of drug-likeness (QED) is 0.823. The fraction of sp³-hybridized carbons (Fsp3) is 0.571. The molecule has 0 spiro atoms. The Morgan fingerprint density at radius 1 is 1.24 bits per heavy atom. The van der Waals surface area contributed by atoms with E-state index in [-0.39, 0.29) is 13.2 Å². The van der Waals surface area contributed by atoms with Crippen molar-refractivity contribution in [1.29, 1.82) is 0 Å². The fourth-order valence-electron chi connectivity index (χ4n) is 2.42. The second-order valence-electron chi connectivity index (χ2n) is 4.67. The zero-order valence-corrected chi connectivity index (χ0v) is 10.0. The maximum absolute atomic E-state index is 9.30. The number of ether oxygens (including phenoxy) is 1. The van der Waals surface area contributed by atoms with Crippen LogP contribution in [0.15, 0.2) is 24.3 Å². The number of para-hydroxylation sites is 1. The molecule has 1 unspecified atom stereocenters. The highest BCUT2D eigenvalue weighted by Gasteiger charge is 2.20. The molecule has 1 saturated carbocycles. The Bertz CT molecular complexity index is 345. The number of rotatable bonds is 5. The highest BCUT2D eigenvalue weighted by molar-refractivity contribution is 5.36. The van der Waals surface area contributed by atoms with Crippen LogP contribution in [0.2, 0.25) is 0 Å². The minimum absolute atomic E-state index is 0.153. The Morgan fingerprint density at radius 2 is 1.94 bits per heavy atom. The van der Waals surface area contributed by atoms with E-state index in [1.165, 1.54) is 31.2 Å². The first kappa shape index (κ1) is 12.4. The van der Waals surface area contributed by atoms with Crippen LogP contribution in [-0.2, 0) is 0 Å². The first-order valence-corrected chi connectivity index (χ1v) is 6.32. The summed E-state index contributed by atoms with van der Waals surface area (Å²) in [5.74, 6) is 1.45. The van der Waals surface area contributed by atoms with Crippen molar-refractivity contribution in [2.24, 2.45) is 0 Å². The summed E-state index contributed by atoms with van der Waals surface area (Å²) < 4.78 is 5.59. The zero-order chi connectivity index (χ0) is 12.1. The Hall–Kier alpha value is -1.06. The van der Waals surface area contributed by atoms with Crippen LogP contribution in [0.5, 0.6) is 5.75 Å². The van der Waals surface area contributed by atoms with E-state index in [0.717, 1.165) is 5.75 Å². The van der Waals surface area contributed by atoms with Crippen molar-refractivity contribution in [3.05, 3.63) is 29.8 Å². The molecule has 0 bridgehead atoms. The van der Waals surface area contributed by atoms with Crippen LogP contribution in [0.4, 0.5) is 0 Å². The van der Waals surface area contributed by atoms with Gasteiger partial charge in [0.1, 0.15) is 18.5 Å². The number of hydrogen-bond donors (Lipinski definition) is 2. The summed E-state index contributed by atoms with van der Waals surface area (Å²) in [7, 11) is 0. The molecule has 3 heteroatoms. The molecule has 0 aromatic heterocycles. The third kappa shape index (κ3) is 3.20. The first-order valence-electron chi connectivity index (χ1n) is 6.32. The van der Waals surface area contributed by atoms with Gasteiger partial charge in [-0.2, -0.15) is 0 Å². The predicted molar refractivity (Wildman–Crippen MR) is 66.2 cm³/mol. The Labute approximate surface area is 102 Å². The first-order chi connectivity index (χ1) is 8.31. The predicted octanol–water partition coefficient (Wildman–Crippen LogP) is 2.08. The second kappa shape index (κ2) is 6.03. The fourth-order valence-corrected chi connectivity index (χ4v) is 2.42. The van der Waals surface area contributed by atoms with E-state index in [9.17, 15) is 5.11 Å². The van der Waals surface area contributed by atoms with Gasteiger partial charge in [0, 0.05) is 0 Å². The molecule has 2 rings (SSSR count). The van der Waals surface area contributed by atoms with Gasteiger partial charge in [-0.15, -0.1) is 0 Å². The van der Waals surface area contributed by atoms with E-state index < -0.39 is 6.10 Å². The van der Waals surface area contributed by atoms with Gasteiger partial charge in [0.05, 0.1) is 6.61 Å². The largest absolute Gasteiger partial charge is 0.491 e. The van der Waals surface area contributed by atoms with Crippen molar-refractivity contribution in [2.75, 3.05) is 13.2 Å². The summed E-state index contributed by atoms with van der Waals surface area (Å²) in [4.78, 5) is 0. The molecule has 1 atom stereocenters. The van der Waals surface area contributed by atoms with Crippen molar-refractivity contribution in [1.82, 2.24) is 0 Å². The van der Waals surface area contributed by atoms with Crippen LogP contribution >= 0.6 is 0 Å². The molecule has 17 heavy (non-hydrogen) atoms. The van der Waals surface area contributed by atoms with E-state index >= 15 is 0 Å². The monoisotopic (exact) mass is 236 g/mol. The maximum atomic E-state index is 9.30. The lowest BCUT2D eigenvalue weighted by Crippen LogP contribution is -2.21. The van der Waals surface area contributed by atoms with E-state index in [2.05, 4.69) is 6.07 Å². The van der Waals surface area contributed by atoms with Crippen LogP contribution in [0.1, 0.15) is 37.2 Å². The molecular formula is C14H20O3. The minimum atomic E-state index is -0.799. The van der Waals surface area contributed by atoms with Gasteiger partial charge in [-0.25, -0.2) is 0 Å². The smallest absolute Gasteiger partial charge is 0.122 e. The van der Waals surface area contributed by atoms with E-state index in [0.29, 0.717) is 5.92 Å². The minimum Gasteiger partial charge on any atom is -0.491 e. The molecule has 0 aliphatic heterocycles. The van der Waals surface area contributed by atoms with Gasteiger partial charge in [0.25, 0.3) is 0 Å². The summed E-state index contributed by atoms with van der Waals surface area (Å²) in [6, 6.07) is 8.02. The molecule has 94 valence electrons. The van der Waals surface area contributed by atoms with Gasteiger partial charge < -0.3 is 14.9 Å². The summed E-state index contributed by atoms with van der Waals surface area (Å²) in [5, 5.41) is 18.1. The molecule has 0 radical (unpaired) electrons. The molecular weight excluding hydrogens is 216 g/mol. The Kier molecular flexibility index (Phi) is 4.40. The lowest BCUT2D eigenvalue weighted by Gasteiger charge is -2.17. The van der Waals surface area contributed by atoms with Crippen molar-refractivity contribution >= 4 is 0 Å². The lowest BCUT2D eigenvalue weighted by molar-refractivity contribution is 0.0532. The van der Waals surface area contributed by atoms with E-state index in [1.54, 1.807) is 0 Å². The molecule has 0 heterocycles. The normalized spacial score (nSPS) is 18.2. The van der Waals surface area contributed by atoms with Gasteiger partial charge in [0.2, 0.25) is 0 Å². The molecule has 1 aliphatic carbocycles. The van der Waals surface area contributed by atoms with Crippen LogP contribution in [0.25, 0.3) is 0 Å². The number of hydrogen-bond acceptors (Lipinski definition) is 3. The summed E-state index contributed by atoms with van der Waals surface area (Å²) >= 11 is 0. The number of aliphatic hydroxyl groups excluding tert-OH is 2. The van der Waals surface area contributed by atoms with Crippen LogP contribution in [0.3, 0.4) is 0 Å². The topological polar surface area (TPSA) is 49.7 Å². The van der Waals surface area contributed by atoms with E-state index in [4.69, 9.17) is 9.84 Å². The van der Waals surface area contributed by atoms with Crippen LogP contribution in [0, 0.1) is 0 Å². The molecule has 1 aromatic carbocycles. The number of benzene rings is 1. The zero-order valence-electron chi connectivity index (χ0n) is 10.0. The van der Waals surface area contributed by atoms with E-state index in [1.807, 2.05) is 18.2 Å². The van der Waals surface area contributed by atoms with Gasteiger partial charge in [0.15, 0.2) is 0 Å². The van der Waals surface area contributed by atoms with Gasteiger partial charge in [-0.05, 0) is 30.4 Å². The SMILES string of the molecule is OCC(O)COc1ccccc1C1CCCC1. The molecule has 1 aromatic rings. The highest BCUT2D eigenvalue weighted by Crippen LogP contribution is 2.38. The van der Waals surface area contributed by atoms with Crippen LogP contribution in [-0.4, -0.2) is 29.5 Å². The summed E-state index contributed by atoms with van der Waals surface area (Å²) in [6.07, 6.45) is 4.23. The third-order valence-electron chi connectivity index (χ3n) is 3.36. The molecule has 2 N–H and O–H groups in total. The molecule has 3 nitrogen and oxygen atoms in total. The molecule has 1 aliphatic rings. The lowest BCUT2D eigenvalue weighted by atomic mass is 9.97. The molecule has 0 saturated heterocycles.